The van der Waals surface area contributed by atoms with Crippen LogP contribution in [-0.2, 0) is 20.8 Å². The molecule has 1 amide bonds. The number of methoxy groups -OCH3 is 1. The molecule has 0 aromatic heterocycles. The first-order valence-corrected chi connectivity index (χ1v) is 11.0. The number of halogens is 1. The molecule has 1 atom stereocenters. The Labute approximate surface area is 204 Å². The van der Waals surface area contributed by atoms with Gasteiger partial charge >= 0.3 is 0 Å². The molecule has 1 aliphatic rings. The highest BCUT2D eigenvalue weighted by Crippen LogP contribution is 2.16. The quantitative estimate of drug-likeness (QED) is 0.202. The predicted molar refractivity (Wildman–Crippen MR) is 137 cm³/mol. The minimum absolute atomic E-state index is 0. The van der Waals surface area contributed by atoms with Gasteiger partial charge in [-0.1, -0.05) is 26.0 Å². The van der Waals surface area contributed by atoms with Crippen LogP contribution in [0.3, 0.4) is 0 Å². The van der Waals surface area contributed by atoms with E-state index in [1.807, 2.05) is 39.1 Å². The Morgan fingerprint density at radius 1 is 1.29 bits per heavy atom. The average Bonchev–Trinajstić information content (AvgIpc) is 2.77. The van der Waals surface area contributed by atoms with Gasteiger partial charge < -0.3 is 25.0 Å². The van der Waals surface area contributed by atoms with Gasteiger partial charge in [-0.3, -0.25) is 9.79 Å². The molecule has 2 rings (SSSR count). The number of carbonyl (C=O) groups is 1. The zero-order chi connectivity index (χ0) is 21.8. The number of guanidine groups is 1. The third kappa shape index (κ3) is 9.74. The van der Waals surface area contributed by atoms with E-state index in [1.54, 1.807) is 7.11 Å². The van der Waals surface area contributed by atoms with Crippen LogP contribution in [0.5, 0.6) is 0 Å². The summed E-state index contributed by atoms with van der Waals surface area (Å²) in [6, 6.07) is 7.97. The first kappa shape index (κ1) is 27.6. The van der Waals surface area contributed by atoms with Crippen molar-refractivity contribution in [2.24, 2.45) is 10.9 Å². The molecule has 1 aromatic carbocycles. The van der Waals surface area contributed by atoms with Gasteiger partial charge in [-0.2, -0.15) is 0 Å². The van der Waals surface area contributed by atoms with Gasteiger partial charge in [-0.25, -0.2) is 0 Å². The van der Waals surface area contributed by atoms with Crippen LogP contribution in [0.4, 0.5) is 5.69 Å². The molecule has 0 radical (unpaired) electrons. The van der Waals surface area contributed by atoms with Crippen molar-refractivity contribution >= 4 is 41.5 Å². The van der Waals surface area contributed by atoms with Crippen LogP contribution in [0.25, 0.3) is 0 Å². The molecule has 1 aromatic rings. The number of piperidine rings is 1. The summed E-state index contributed by atoms with van der Waals surface area (Å²) in [7, 11) is 3.54. The monoisotopic (exact) mass is 546 g/mol. The largest absolute Gasteiger partial charge is 0.385 e. The van der Waals surface area contributed by atoms with E-state index in [9.17, 15) is 4.79 Å². The summed E-state index contributed by atoms with van der Waals surface area (Å²) >= 11 is 0. The average molecular weight is 546 g/mol. The lowest BCUT2D eigenvalue weighted by molar-refractivity contribution is -0.119. The van der Waals surface area contributed by atoms with Crippen LogP contribution >= 0.6 is 24.0 Å². The molecule has 0 spiro atoms. The van der Waals surface area contributed by atoms with E-state index >= 15 is 0 Å². The van der Waals surface area contributed by atoms with Gasteiger partial charge in [-0.15, -0.1) is 24.0 Å². The number of amides is 1. The molecule has 31 heavy (non-hydrogen) atoms. The number of ether oxygens (including phenoxy) is 2. The molecule has 7 nitrogen and oxygen atoms in total. The number of likely N-dealkylation sites (tertiary alicyclic amines) is 1. The van der Waals surface area contributed by atoms with Gasteiger partial charge in [0, 0.05) is 58.6 Å². The minimum Gasteiger partial charge on any atom is -0.385 e. The van der Waals surface area contributed by atoms with Crippen molar-refractivity contribution in [1.82, 2.24) is 10.2 Å². The molecule has 1 unspecified atom stereocenters. The number of nitrogens with zero attached hydrogens (tertiary/aromatic N) is 2. The van der Waals surface area contributed by atoms with Crippen LogP contribution in [0.1, 0.15) is 45.1 Å². The maximum absolute atomic E-state index is 12.1. The molecular weight excluding hydrogens is 507 g/mol. The van der Waals surface area contributed by atoms with Crippen molar-refractivity contribution in [3.63, 3.8) is 0 Å². The van der Waals surface area contributed by atoms with Gasteiger partial charge in [0.05, 0.1) is 6.10 Å². The molecule has 0 bridgehead atoms. The van der Waals surface area contributed by atoms with Crippen LogP contribution < -0.4 is 10.6 Å². The molecule has 1 aliphatic heterocycles. The number of aliphatic imine (C=N–C) groups is 1. The maximum atomic E-state index is 12.1. The van der Waals surface area contributed by atoms with Crippen molar-refractivity contribution in [2.45, 2.75) is 52.2 Å². The molecular formula is C23H39IN4O3. The Balaban J connectivity index is 0.00000480. The van der Waals surface area contributed by atoms with Crippen molar-refractivity contribution in [1.29, 1.82) is 0 Å². The lowest BCUT2D eigenvalue weighted by Crippen LogP contribution is -2.46. The fraction of sp³-hybridized carbons (Fsp3) is 0.652. The first-order valence-electron chi connectivity index (χ1n) is 11.0. The summed E-state index contributed by atoms with van der Waals surface area (Å²) in [6.07, 6.45) is 4.10. The Kier molecular flexibility index (Phi) is 13.7. The van der Waals surface area contributed by atoms with Gasteiger partial charge in [0.2, 0.25) is 5.91 Å². The highest BCUT2D eigenvalue weighted by molar-refractivity contribution is 14.0. The molecule has 0 aliphatic carbocycles. The van der Waals surface area contributed by atoms with E-state index in [0.717, 1.165) is 69.2 Å². The second kappa shape index (κ2) is 15.4. The summed E-state index contributed by atoms with van der Waals surface area (Å²) in [4.78, 5) is 18.9. The number of carbonyl (C=O) groups excluding carboxylic acids is 1. The number of rotatable bonds is 10. The molecule has 1 saturated heterocycles. The van der Waals surface area contributed by atoms with Crippen LogP contribution in [0.2, 0.25) is 0 Å². The Bertz CT molecular complexity index is 679. The standard InChI is InChI=1S/C23H38N4O3.HI/c1-5-18(2)22(28)26-20-9-6-8-19(16-20)17-25-23(24-3)27-12-10-21(11-13-27)30-15-7-14-29-4;/h6,8-9,16,18,21H,5,7,10-15,17H2,1-4H3,(H,24,25)(H,26,28);1H. The van der Waals surface area contributed by atoms with E-state index in [1.165, 1.54) is 0 Å². The second-order valence-electron chi connectivity index (χ2n) is 7.80. The van der Waals surface area contributed by atoms with Crippen LogP contribution in [0, 0.1) is 5.92 Å². The number of hydrogen-bond donors (Lipinski definition) is 2. The van der Waals surface area contributed by atoms with Crippen molar-refractivity contribution in [2.75, 3.05) is 45.8 Å². The van der Waals surface area contributed by atoms with Crippen molar-refractivity contribution in [3.8, 4) is 0 Å². The van der Waals surface area contributed by atoms with Crippen LogP contribution in [0.15, 0.2) is 29.3 Å². The summed E-state index contributed by atoms with van der Waals surface area (Å²) in [6.45, 7) is 7.99. The summed E-state index contributed by atoms with van der Waals surface area (Å²) in [5.74, 6) is 0.977. The number of nitrogens with one attached hydrogen (secondary N) is 2. The molecule has 0 saturated carbocycles. The fourth-order valence-electron chi connectivity index (χ4n) is 3.41. The minimum atomic E-state index is 0. The van der Waals surface area contributed by atoms with Gasteiger partial charge in [-0.05, 0) is 43.4 Å². The lowest BCUT2D eigenvalue weighted by atomic mass is 10.1. The van der Waals surface area contributed by atoms with E-state index in [-0.39, 0.29) is 35.8 Å². The van der Waals surface area contributed by atoms with E-state index in [2.05, 4.69) is 26.6 Å². The first-order chi connectivity index (χ1) is 14.6. The summed E-state index contributed by atoms with van der Waals surface area (Å²) in [5.41, 5.74) is 1.94. The fourth-order valence-corrected chi connectivity index (χ4v) is 3.41. The Morgan fingerprint density at radius 2 is 2.03 bits per heavy atom. The molecule has 2 N–H and O–H groups in total. The third-order valence-electron chi connectivity index (χ3n) is 5.50. The SMILES string of the molecule is CCC(C)C(=O)Nc1cccc(CNC(=NC)N2CCC(OCCCOC)CC2)c1.I. The third-order valence-corrected chi connectivity index (χ3v) is 5.50. The van der Waals surface area contributed by atoms with E-state index in [0.29, 0.717) is 12.6 Å². The van der Waals surface area contributed by atoms with Gasteiger partial charge in [0.25, 0.3) is 0 Å². The lowest BCUT2D eigenvalue weighted by Gasteiger charge is -2.34. The normalized spacial score (nSPS) is 15.9. The topological polar surface area (TPSA) is 75.2 Å². The molecule has 1 fully saturated rings. The van der Waals surface area contributed by atoms with Gasteiger partial charge in [0.15, 0.2) is 5.96 Å². The predicted octanol–water partition coefficient (Wildman–Crippen LogP) is 3.88. The van der Waals surface area contributed by atoms with Crippen molar-refractivity contribution in [3.05, 3.63) is 29.8 Å². The molecule has 1 heterocycles. The van der Waals surface area contributed by atoms with Crippen LogP contribution in [-0.4, -0.2) is 63.3 Å². The number of anilines is 1. The second-order valence-corrected chi connectivity index (χ2v) is 7.80. The Hall–Kier alpha value is -1.39. The highest BCUT2D eigenvalue weighted by Gasteiger charge is 2.21. The molecule has 8 heteroatoms. The zero-order valence-electron chi connectivity index (χ0n) is 19.4. The smallest absolute Gasteiger partial charge is 0.227 e. The number of hydrogen-bond acceptors (Lipinski definition) is 4. The highest BCUT2D eigenvalue weighted by atomic mass is 127. The molecule has 176 valence electrons. The van der Waals surface area contributed by atoms with Gasteiger partial charge in [0.1, 0.15) is 0 Å². The Morgan fingerprint density at radius 3 is 2.68 bits per heavy atom. The maximum Gasteiger partial charge on any atom is 0.227 e. The number of benzene rings is 1. The zero-order valence-corrected chi connectivity index (χ0v) is 21.7. The summed E-state index contributed by atoms with van der Waals surface area (Å²) in [5, 5.41) is 6.45. The summed E-state index contributed by atoms with van der Waals surface area (Å²) < 4.78 is 11.0. The van der Waals surface area contributed by atoms with E-state index in [4.69, 9.17) is 9.47 Å². The van der Waals surface area contributed by atoms with E-state index < -0.39 is 0 Å². The van der Waals surface area contributed by atoms with Crippen molar-refractivity contribution < 1.29 is 14.3 Å².